The van der Waals surface area contributed by atoms with Crippen molar-refractivity contribution in [2.75, 3.05) is 26.1 Å². The van der Waals surface area contributed by atoms with Gasteiger partial charge in [-0.05, 0) is 30.0 Å². The molecule has 5 nitrogen and oxygen atoms in total. The van der Waals surface area contributed by atoms with Gasteiger partial charge in [-0.3, -0.25) is 4.79 Å². The standard InChI is InChI=1S/C20H24ClNO4/c1-12(2)14-7-6-13(3)17(8-14)26-11-20(23)22-16-10-18(24-4)15(21)9-19(16)25-5/h6-10,12H,11H2,1-5H3,(H,22,23). The van der Waals surface area contributed by atoms with Gasteiger partial charge in [0.2, 0.25) is 0 Å². The van der Waals surface area contributed by atoms with E-state index in [0.29, 0.717) is 33.9 Å². The van der Waals surface area contributed by atoms with Crippen molar-refractivity contribution in [3.8, 4) is 17.2 Å². The van der Waals surface area contributed by atoms with Gasteiger partial charge in [-0.1, -0.05) is 37.6 Å². The molecular formula is C20H24ClNO4. The molecule has 1 amide bonds. The van der Waals surface area contributed by atoms with Crippen LogP contribution in [0.5, 0.6) is 17.2 Å². The number of amides is 1. The largest absolute Gasteiger partial charge is 0.495 e. The second-order valence-electron chi connectivity index (χ2n) is 6.20. The minimum Gasteiger partial charge on any atom is -0.495 e. The third kappa shape index (κ3) is 4.82. The molecule has 0 spiro atoms. The average molecular weight is 378 g/mol. The van der Waals surface area contributed by atoms with Gasteiger partial charge >= 0.3 is 0 Å². The van der Waals surface area contributed by atoms with Crippen LogP contribution in [0.2, 0.25) is 5.02 Å². The average Bonchev–Trinajstić information content (AvgIpc) is 2.61. The number of hydrogen-bond donors (Lipinski definition) is 1. The van der Waals surface area contributed by atoms with Crippen molar-refractivity contribution in [3.63, 3.8) is 0 Å². The lowest BCUT2D eigenvalue weighted by molar-refractivity contribution is -0.118. The number of anilines is 1. The van der Waals surface area contributed by atoms with Crippen LogP contribution in [0.3, 0.4) is 0 Å². The lowest BCUT2D eigenvalue weighted by Crippen LogP contribution is -2.21. The van der Waals surface area contributed by atoms with Gasteiger partial charge < -0.3 is 19.5 Å². The van der Waals surface area contributed by atoms with Crippen LogP contribution in [-0.4, -0.2) is 26.7 Å². The summed E-state index contributed by atoms with van der Waals surface area (Å²) in [7, 11) is 3.01. The van der Waals surface area contributed by atoms with Gasteiger partial charge in [-0.25, -0.2) is 0 Å². The molecule has 6 heteroatoms. The fourth-order valence-corrected chi connectivity index (χ4v) is 2.65. The Hall–Kier alpha value is -2.40. The van der Waals surface area contributed by atoms with Gasteiger partial charge in [0.05, 0.1) is 24.9 Å². The Bertz CT molecular complexity index is 790. The van der Waals surface area contributed by atoms with Gasteiger partial charge in [0, 0.05) is 12.1 Å². The Morgan fingerprint density at radius 1 is 1.08 bits per heavy atom. The van der Waals surface area contributed by atoms with Crippen LogP contribution >= 0.6 is 11.6 Å². The number of methoxy groups -OCH3 is 2. The monoisotopic (exact) mass is 377 g/mol. The molecule has 0 bridgehead atoms. The number of aryl methyl sites for hydroxylation is 1. The maximum absolute atomic E-state index is 12.3. The first-order chi connectivity index (χ1) is 12.3. The Kier molecular flexibility index (Phi) is 6.75. The predicted molar refractivity (Wildman–Crippen MR) is 104 cm³/mol. The number of nitrogens with one attached hydrogen (secondary N) is 1. The molecule has 0 aliphatic carbocycles. The van der Waals surface area contributed by atoms with Crippen LogP contribution in [0.1, 0.15) is 30.9 Å². The molecule has 0 aliphatic heterocycles. The van der Waals surface area contributed by atoms with E-state index < -0.39 is 0 Å². The first-order valence-electron chi connectivity index (χ1n) is 8.30. The lowest BCUT2D eigenvalue weighted by Gasteiger charge is -2.15. The lowest BCUT2D eigenvalue weighted by atomic mass is 10.0. The summed E-state index contributed by atoms with van der Waals surface area (Å²) in [5, 5.41) is 3.17. The van der Waals surface area contributed by atoms with E-state index in [0.717, 1.165) is 11.1 Å². The van der Waals surface area contributed by atoms with E-state index in [9.17, 15) is 4.79 Å². The molecule has 0 aliphatic rings. The number of carbonyl (C=O) groups excluding carboxylic acids is 1. The van der Waals surface area contributed by atoms with E-state index in [1.165, 1.54) is 14.2 Å². The van der Waals surface area contributed by atoms with Crippen molar-refractivity contribution < 1.29 is 19.0 Å². The molecule has 140 valence electrons. The highest BCUT2D eigenvalue weighted by atomic mass is 35.5. The zero-order valence-electron chi connectivity index (χ0n) is 15.7. The maximum atomic E-state index is 12.3. The second-order valence-corrected chi connectivity index (χ2v) is 6.61. The van der Waals surface area contributed by atoms with Crippen LogP contribution in [0.25, 0.3) is 0 Å². The van der Waals surface area contributed by atoms with Crippen molar-refractivity contribution >= 4 is 23.2 Å². The van der Waals surface area contributed by atoms with Gasteiger partial charge in [0.15, 0.2) is 6.61 Å². The molecule has 0 saturated heterocycles. The Morgan fingerprint density at radius 3 is 2.38 bits per heavy atom. The summed E-state index contributed by atoms with van der Waals surface area (Å²) in [6.45, 7) is 6.06. The van der Waals surface area contributed by atoms with Crippen molar-refractivity contribution in [3.05, 3.63) is 46.5 Å². The molecule has 0 unspecified atom stereocenters. The highest BCUT2D eigenvalue weighted by molar-refractivity contribution is 6.32. The summed E-state index contributed by atoms with van der Waals surface area (Å²) in [6, 6.07) is 9.24. The number of halogens is 1. The fraction of sp³-hybridized carbons (Fsp3) is 0.350. The number of benzene rings is 2. The van der Waals surface area contributed by atoms with Crippen molar-refractivity contribution in [1.82, 2.24) is 0 Å². The number of ether oxygens (including phenoxy) is 3. The second kappa shape index (κ2) is 8.81. The number of hydrogen-bond acceptors (Lipinski definition) is 4. The topological polar surface area (TPSA) is 56.8 Å². The van der Waals surface area contributed by atoms with Crippen LogP contribution in [0.4, 0.5) is 5.69 Å². The molecule has 0 radical (unpaired) electrons. The quantitative estimate of drug-likeness (QED) is 0.752. The highest BCUT2D eigenvalue weighted by Gasteiger charge is 2.14. The summed E-state index contributed by atoms with van der Waals surface area (Å²) in [6.07, 6.45) is 0. The van der Waals surface area contributed by atoms with Crippen LogP contribution in [-0.2, 0) is 4.79 Å². The first-order valence-corrected chi connectivity index (χ1v) is 8.68. The molecule has 0 heterocycles. The molecule has 2 rings (SSSR count). The summed E-state index contributed by atoms with van der Waals surface area (Å²) in [5.41, 5.74) is 2.61. The summed E-state index contributed by atoms with van der Waals surface area (Å²) < 4.78 is 16.1. The Balaban J connectivity index is 2.09. The zero-order chi connectivity index (χ0) is 19.3. The van der Waals surface area contributed by atoms with E-state index in [1.54, 1.807) is 12.1 Å². The van der Waals surface area contributed by atoms with Crippen LogP contribution in [0, 0.1) is 6.92 Å². The van der Waals surface area contributed by atoms with E-state index in [2.05, 4.69) is 25.2 Å². The highest BCUT2D eigenvalue weighted by Crippen LogP contribution is 2.35. The SMILES string of the molecule is COc1cc(NC(=O)COc2cc(C(C)C)ccc2C)c(OC)cc1Cl. The smallest absolute Gasteiger partial charge is 0.262 e. The van der Waals surface area contributed by atoms with Crippen molar-refractivity contribution in [1.29, 1.82) is 0 Å². The van der Waals surface area contributed by atoms with E-state index >= 15 is 0 Å². The van der Waals surface area contributed by atoms with Gasteiger partial charge in [-0.15, -0.1) is 0 Å². The molecule has 0 atom stereocenters. The Labute approximate surface area is 159 Å². The van der Waals surface area contributed by atoms with E-state index in [-0.39, 0.29) is 12.5 Å². The molecule has 2 aromatic rings. The van der Waals surface area contributed by atoms with Crippen LogP contribution < -0.4 is 19.5 Å². The predicted octanol–water partition coefficient (Wildman–Crippen LogP) is 4.81. The minimum absolute atomic E-state index is 0.115. The molecule has 0 aromatic heterocycles. The summed E-state index contributed by atoms with van der Waals surface area (Å²) in [5.74, 6) is 1.68. The Morgan fingerprint density at radius 2 is 1.77 bits per heavy atom. The number of carbonyl (C=O) groups is 1. The fourth-order valence-electron chi connectivity index (χ4n) is 2.42. The van der Waals surface area contributed by atoms with Crippen LogP contribution in [0.15, 0.2) is 30.3 Å². The molecule has 2 aromatic carbocycles. The van der Waals surface area contributed by atoms with E-state index in [4.69, 9.17) is 25.8 Å². The third-order valence-electron chi connectivity index (χ3n) is 3.99. The van der Waals surface area contributed by atoms with Gasteiger partial charge in [-0.2, -0.15) is 0 Å². The number of rotatable bonds is 7. The minimum atomic E-state index is -0.304. The van der Waals surface area contributed by atoms with E-state index in [1.807, 2.05) is 19.1 Å². The molecule has 0 fully saturated rings. The van der Waals surface area contributed by atoms with Gasteiger partial charge in [0.25, 0.3) is 5.91 Å². The van der Waals surface area contributed by atoms with Crippen molar-refractivity contribution in [2.45, 2.75) is 26.7 Å². The summed E-state index contributed by atoms with van der Waals surface area (Å²) in [4.78, 5) is 12.3. The molecular weight excluding hydrogens is 354 g/mol. The molecule has 26 heavy (non-hydrogen) atoms. The normalized spacial score (nSPS) is 10.6. The summed E-state index contributed by atoms with van der Waals surface area (Å²) >= 11 is 6.07. The third-order valence-corrected chi connectivity index (χ3v) is 4.28. The first kappa shape index (κ1) is 19.9. The van der Waals surface area contributed by atoms with Crippen molar-refractivity contribution in [2.24, 2.45) is 0 Å². The molecule has 0 saturated carbocycles. The molecule has 1 N–H and O–H groups in total. The van der Waals surface area contributed by atoms with Gasteiger partial charge in [0.1, 0.15) is 17.2 Å². The maximum Gasteiger partial charge on any atom is 0.262 e. The zero-order valence-corrected chi connectivity index (χ0v) is 16.4.